The van der Waals surface area contributed by atoms with Gasteiger partial charge in [-0.25, -0.2) is 14.4 Å². The second-order valence-electron chi connectivity index (χ2n) is 6.97. The van der Waals surface area contributed by atoms with Gasteiger partial charge in [0, 0.05) is 17.0 Å². The molecule has 2 aromatic heterocycles. The van der Waals surface area contributed by atoms with Crippen molar-refractivity contribution in [3.8, 4) is 28.4 Å². The summed E-state index contributed by atoms with van der Waals surface area (Å²) in [5.74, 6) is 1.05. The SMILES string of the molecule is Oc1ccccc1-c1nc(NCc2cc(-c3ccccc3)no2)c2cc(F)ccc2n1. The summed E-state index contributed by atoms with van der Waals surface area (Å²) in [7, 11) is 0. The van der Waals surface area contributed by atoms with Crippen LogP contribution >= 0.6 is 0 Å². The second kappa shape index (κ2) is 7.87. The van der Waals surface area contributed by atoms with Crippen molar-refractivity contribution in [2.24, 2.45) is 0 Å². The van der Waals surface area contributed by atoms with Gasteiger partial charge in [0.2, 0.25) is 0 Å². The standard InChI is InChI=1S/C24H17FN4O2/c25-16-10-11-20-19(12-16)23(28-24(27-20)18-8-4-5-9-22(18)30)26-14-17-13-21(29-31-17)15-6-2-1-3-7-15/h1-13,30H,14H2,(H,26,27,28). The smallest absolute Gasteiger partial charge is 0.165 e. The molecule has 31 heavy (non-hydrogen) atoms. The molecule has 0 aliphatic rings. The predicted octanol–water partition coefficient (Wildman–Crippen LogP) is 5.41. The number of nitrogens with one attached hydrogen (secondary N) is 1. The minimum atomic E-state index is -0.388. The summed E-state index contributed by atoms with van der Waals surface area (Å²) in [5.41, 5.74) is 2.72. The van der Waals surface area contributed by atoms with E-state index in [1.165, 1.54) is 12.1 Å². The topological polar surface area (TPSA) is 84.1 Å². The van der Waals surface area contributed by atoms with Crippen LogP contribution in [-0.2, 0) is 6.54 Å². The molecule has 0 spiro atoms. The van der Waals surface area contributed by atoms with Gasteiger partial charge >= 0.3 is 0 Å². The largest absolute Gasteiger partial charge is 0.507 e. The molecule has 0 radical (unpaired) electrons. The van der Waals surface area contributed by atoms with Crippen molar-refractivity contribution in [3.63, 3.8) is 0 Å². The molecule has 5 aromatic rings. The number of halogens is 1. The zero-order valence-electron chi connectivity index (χ0n) is 16.3. The van der Waals surface area contributed by atoms with E-state index in [1.54, 1.807) is 30.3 Å². The Balaban J connectivity index is 1.49. The lowest BCUT2D eigenvalue weighted by Gasteiger charge is -2.11. The fourth-order valence-electron chi connectivity index (χ4n) is 3.33. The molecule has 0 saturated heterocycles. The maximum absolute atomic E-state index is 13.9. The van der Waals surface area contributed by atoms with Crippen LogP contribution in [0.2, 0.25) is 0 Å². The molecule has 2 heterocycles. The molecule has 0 atom stereocenters. The van der Waals surface area contributed by atoms with E-state index >= 15 is 0 Å². The van der Waals surface area contributed by atoms with Crippen molar-refractivity contribution in [1.82, 2.24) is 15.1 Å². The van der Waals surface area contributed by atoms with Crippen LogP contribution < -0.4 is 5.32 Å². The van der Waals surface area contributed by atoms with Crippen LogP contribution in [0.5, 0.6) is 5.75 Å². The third-order valence-corrected chi connectivity index (χ3v) is 4.86. The number of aromatic hydroxyl groups is 1. The third-order valence-electron chi connectivity index (χ3n) is 4.86. The first-order chi connectivity index (χ1) is 15.2. The quantitative estimate of drug-likeness (QED) is 0.402. The number of nitrogens with zero attached hydrogens (tertiary/aromatic N) is 3. The van der Waals surface area contributed by atoms with Gasteiger partial charge in [-0.3, -0.25) is 0 Å². The Labute approximate surface area is 177 Å². The third kappa shape index (κ3) is 3.81. The average Bonchev–Trinajstić information content (AvgIpc) is 3.27. The summed E-state index contributed by atoms with van der Waals surface area (Å²) in [6, 6.07) is 22.7. The van der Waals surface area contributed by atoms with Crippen LogP contribution in [0.15, 0.2) is 83.4 Å². The number of fused-ring (bicyclic) bond motifs is 1. The van der Waals surface area contributed by atoms with Crippen LogP contribution in [-0.4, -0.2) is 20.2 Å². The van der Waals surface area contributed by atoms with Crippen LogP contribution in [0, 0.1) is 5.82 Å². The Hall–Kier alpha value is -4.26. The summed E-state index contributed by atoms with van der Waals surface area (Å²) >= 11 is 0. The van der Waals surface area contributed by atoms with Crippen molar-refractivity contribution in [1.29, 1.82) is 0 Å². The number of benzene rings is 3. The summed E-state index contributed by atoms with van der Waals surface area (Å²) in [6.45, 7) is 0.294. The van der Waals surface area contributed by atoms with Gasteiger partial charge in [-0.05, 0) is 30.3 Å². The fourth-order valence-corrected chi connectivity index (χ4v) is 3.33. The molecule has 0 saturated carbocycles. The number of rotatable bonds is 5. The zero-order chi connectivity index (χ0) is 21.2. The second-order valence-corrected chi connectivity index (χ2v) is 6.97. The zero-order valence-corrected chi connectivity index (χ0v) is 16.3. The number of phenols is 1. The van der Waals surface area contributed by atoms with Crippen molar-refractivity contribution in [3.05, 3.63) is 90.4 Å². The van der Waals surface area contributed by atoms with Crippen molar-refractivity contribution < 1.29 is 14.0 Å². The number of hydrogen-bond donors (Lipinski definition) is 2. The number of phenolic OH excluding ortho intramolecular Hbond substituents is 1. The highest BCUT2D eigenvalue weighted by Gasteiger charge is 2.14. The van der Waals surface area contributed by atoms with Crippen LogP contribution in [0.3, 0.4) is 0 Å². The minimum absolute atomic E-state index is 0.0673. The number of para-hydroxylation sites is 1. The number of hydrogen-bond acceptors (Lipinski definition) is 6. The van der Waals surface area contributed by atoms with Gasteiger partial charge in [0.05, 0.1) is 17.6 Å². The molecule has 7 heteroatoms. The van der Waals surface area contributed by atoms with Crippen LogP contribution in [0.1, 0.15) is 5.76 Å². The molecule has 0 unspecified atom stereocenters. The van der Waals surface area contributed by atoms with Crippen LogP contribution in [0.4, 0.5) is 10.2 Å². The molecule has 0 fully saturated rings. The molecule has 2 N–H and O–H groups in total. The molecule has 0 amide bonds. The Morgan fingerprint density at radius 2 is 1.71 bits per heavy atom. The Bertz CT molecular complexity index is 1370. The normalized spacial score (nSPS) is 11.0. The summed E-state index contributed by atoms with van der Waals surface area (Å²) in [6.07, 6.45) is 0. The van der Waals surface area contributed by atoms with Gasteiger partial charge in [0.15, 0.2) is 11.6 Å². The first kappa shape index (κ1) is 18.7. The molecule has 152 valence electrons. The monoisotopic (exact) mass is 412 g/mol. The summed E-state index contributed by atoms with van der Waals surface area (Å²) in [4.78, 5) is 9.04. The van der Waals surface area contributed by atoms with Crippen LogP contribution in [0.25, 0.3) is 33.5 Å². The first-order valence-electron chi connectivity index (χ1n) is 9.68. The lowest BCUT2D eigenvalue weighted by Crippen LogP contribution is -2.04. The molecule has 3 aromatic carbocycles. The molecule has 0 aliphatic carbocycles. The molecule has 5 rings (SSSR count). The Kier molecular flexibility index (Phi) is 4.76. The number of anilines is 1. The highest BCUT2D eigenvalue weighted by atomic mass is 19.1. The Morgan fingerprint density at radius 1 is 0.903 bits per heavy atom. The Morgan fingerprint density at radius 3 is 2.55 bits per heavy atom. The predicted molar refractivity (Wildman–Crippen MR) is 116 cm³/mol. The molecule has 6 nitrogen and oxygen atoms in total. The number of aromatic nitrogens is 3. The van der Waals surface area contributed by atoms with Crippen molar-refractivity contribution in [2.75, 3.05) is 5.32 Å². The summed E-state index contributed by atoms with van der Waals surface area (Å²) < 4.78 is 19.3. The molecule has 0 bridgehead atoms. The maximum atomic E-state index is 13.9. The highest BCUT2D eigenvalue weighted by Crippen LogP contribution is 2.30. The molecule has 0 aliphatic heterocycles. The lowest BCUT2D eigenvalue weighted by atomic mass is 10.1. The van der Waals surface area contributed by atoms with E-state index in [-0.39, 0.29) is 11.6 Å². The van der Waals surface area contributed by atoms with Gasteiger partial charge in [0.1, 0.15) is 23.1 Å². The average molecular weight is 412 g/mol. The highest BCUT2D eigenvalue weighted by molar-refractivity contribution is 5.91. The molecular weight excluding hydrogens is 395 g/mol. The minimum Gasteiger partial charge on any atom is -0.507 e. The van der Waals surface area contributed by atoms with Crippen molar-refractivity contribution >= 4 is 16.7 Å². The maximum Gasteiger partial charge on any atom is 0.165 e. The van der Waals surface area contributed by atoms with Gasteiger partial charge in [-0.15, -0.1) is 0 Å². The van der Waals surface area contributed by atoms with E-state index in [2.05, 4.69) is 20.4 Å². The van der Waals surface area contributed by atoms with Crippen molar-refractivity contribution in [2.45, 2.75) is 6.54 Å². The van der Waals surface area contributed by atoms with Gasteiger partial charge in [-0.1, -0.05) is 47.6 Å². The lowest BCUT2D eigenvalue weighted by molar-refractivity contribution is 0.390. The van der Waals surface area contributed by atoms with E-state index in [9.17, 15) is 9.50 Å². The van der Waals surface area contributed by atoms with Gasteiger partial charge in [0.25, 0.3) is 0 Å². The van der Waals surface area contributed by atoms with E-state index in [1.807, 2.05) is 36.4 Å². The van der Waals surface area contributed by atoms with E-state index in [0.717, 1.165) is 11.3 Å². The van der Waals surface area contributed by atoms with E-state index in [4.69, 9.17) is 4.52 Å². The van der Waals surface area contributed by atoms with E-state index < -0.39 is 0 Å². The molecular formula is C24H17FN4O2. The van der Waals surface area contributed by atoms with Gasteiger partial charge in [-0.2, -0.15) is 0 Å². The summed E-state index contributed by atoms with van der Waals surface area (Å²) in [5, 5.41) is 18.0. The first-order valence-corrected chi connectivity index (χ1v) is 9.68. The van der Waals surface area contributed by atoms with E-state index in [0.29, 0.717) is 40.4 Å². The fraction of sp³-hybridized carbons (Fsp3) is 0.0417. The van der Waals surface area contributed by atoms with Gasteiger partial charge < -0.3 is 14.9 Å².